The molecule has 2 rings (SSSR count). The molecule has 1 aromatic heterocycles. The van der Waals surface area contributed by atoms with Crippen LogP contribution in [0.2, 0.25) is 0 Å². The van der Waals surface area contributed by atoms with E-state index < -0.39 is 0 Å². The van der Waals surface area contributed by atoms with Gasteiger partial charge >= 0.3 is 0 Å². The Kier molecular flexibility index (Phi) is 3.97. The van der Waals surface area contributed by atoms with Crippen molar-refractivity contribution in [1.82, 2.24) is 9.97 Å². The zero-order valence-electron chi connectivity index (χ0n) is 8.72. The van der Waals surface area contributed by atoms with Gasteiger partial charge in [-0.05, 0) is 18.8 Å². The molecule has 15 heavy (non-hydrogen) atoms. The molecule has 3 nitrogen and oxygen atoms in total. The smallest absolute Gasteiger partial charge is 0.187 e. The summed E-state index contributed by atoms with van der Waals surface area (Å²) in [4.78, 5) is 8.40. The van der Waals surface area contributed by atoms with Crippen LogP contribution in [0.5, 0.6) is 0 Å². The molecule has 1 aliphatic carbocycles. The normalized spacial score (nSPS) is 17.1. The number of hydrogen-bond acceptors (Lipinski definition) is 4. The number of nitrogens with zero attached hydrogens (tertiary/aromatic N) is 2. The van der Waals surface area contributed by atoms with E-state index in [1.807, 2.05) is 0 Å². The van der Waals surface area contributed by atoms with E-state index in [1.165, 1.54) is 25.7 Å². The molecule has 1 N–H and O–H groups in total. The summed E-state index contributed by atoms with van der Waals surface area (Å²) in [6.45, 7) is 0.0214. The maximum absolute atomic E-state index is 8.84. The summed E-state index contributed by atoms with van der Waals surface area (Å²) >= 11 is 1.73. The maximum atomic E-state index is 8.84. The predicted octanol–water partition coefficient (Wildman–Crippen LogP) is 2.25. The highest BCUT2D eigenvalue weighted by Crippen LogP contribution is 2.29. The first-order chi connectivity index (χ1) is 7.38. The van der Waals surface area contributed by atoms with Gasteiger partial charge in [-0.2, -0.15) is 0 Å². The minimum Gasteiger partial charge on any atom is -0.392 e. The van der Waals surface area contributed by atoms with Gasteiger partial charge in [0.25, 0.3) is 0 Å². The molecule has 0 aromatic carbocycles. The average molecular weight is 224 g/mol. The second kappa shape index (κ2) is 5.47. The fourth-order valence-electron chi connectivity index (χ4n) is 1.87. The molecule has 1 heterocycles. The number of thioether (sulfide) groups is 1. The van der Waals surface area contributed by atoms with Crippen molar-refractivity contribution in [1.29, 1.82) is 0 Å². The Morgan fingerprint density at radius 3 is 2.53 bits per heavy atom. The summed E-state index contributed by atoms with van der Waals surface area (Å²) in [7, 11) is 0. The van der Waals surface area contributed by atoms with Gasteiger partial charge in [-0.1, -0.05) is 24.6 Å². The molecule has 0 atom stereocenters. The van der Waals surface area contributed by atoms with Gasteiger partial charge in [-0.25, -0.2) is 9.97 Å². The third-order valence-corrected chi connectivity index (χ3v) is 3.89. The fraction of sp³-hybridized carbons (Fsp3) is 0.636. The van der Waals surface area contributed by atoms with Crippen LogP contribution >= 0.6 is 11.8 Å². The lowest BCUT2D eigenvalue weighted by atomic mass is 10.1. The lowest BCUT2D eigenvalue weighted by Crippen LogP contribution is -1.98. The minimum atomic E-state index is 0.0214. The van der Waals surface area contributed by atoms with Gasteiger partial charge in [0, 0.05) is 23.7 Å². The zero-order valence-corrected chi connectivity index (χ0v) is 9.54. The van der Waals surface area contributed by atoms with Gasteiger partial charge in [0.15, 0.2) is 5.16 Å². The summed E-state index contributed by atoms with van der Waals surface area (Å²) in [5.74, 6) is 1.99. The van der Waals surface area contributed by atoms with E-state index >= 15 is 0 Å². The molecular weight excluding hydrogens is 208 g/mol. The maximum Gasteiger partial charge on any atom is 0.187 e. The Labute approximate surface area is 94.3 Å². The molecule has 82 valence electrons. The van der Waals surface area contributed by atoms with Crippen molar-refractivity contribution in [3.63, 3.8) is 0 Å². The summed E-state index contributed by atoms with van der Waals surface area (Å²) in [5, 5.41) is 9.68. The lowest BCUT2D eigenvalue weighted by molar-refractivity contribution is 0.280. The Morgan fingerprint density at radius 2 is 1.93 bits per heavy atom. The fourth-order valence-corrected chi connectivity index (χ4v) is 2.84. The van der Waals surface area contributed by atoms with Crippen molar-refractivity contribution < 1.29 is 5.11 Å². The number of aliphatic hydroxyl groups is 1. The van der Waals surface area contributed by atoms with Crippen molar-refractivity contribution in [2.24, 2.45) is 5.92 Å². The van der Waals surface area contributed by atoms with Crippen LogP contribution in [0.25, 0.3) is 0 Å². The van der Waals surface area contributed by atoms with Crippen molar-refractivity contribution in [3.8, 4) is 0 Å². The topological polar surface area (TPSA) is 46.0 Å². The molecule has 1 saturated carbocycles. The second-order valence-electron chi connectivity index (χ2n) is 3.99. The van der Waals surface area contributed by atoms with Gasteiger partial charge in [0.2, 0.25) is 0 Å². The zero-order chi connectivity index (χ0) is 10.5. The molecular formula is C11H16N2OS. The van der Waals surface area contributed by atoms with Crippen LogP contribution in [0.1, 0.15) is 31.2 Å². The molecule has 1 fully saturated rings. The Bertz CT molecular complexity index is 296. The minimum absolute atomic E-state index is 0.0214. The first-order valence-corrected chi connectivity index (χ1v) is 6.41. The van der Waals surface area contributed by atoms with Crippen LogP contribution in [-0.4, -0.2) is 20.8 Å². The van der Waals surface area contributed by atoms with E-state index in [4.69, 9.17) is 5.11 Å². The second-order valence-corrected chi connectivity index (χ2v) is 4.98. The van der Waals surface area contributed by atoms with Crippen LogP contribution in [0, 0.1) is 5.92 Å². The third kappa shape index (κ3) is 3.18. The number of aromatic nitrogens is 2. The molecule has 0 spiro atoms. The summed E-state index contributed by atoms with van der Waals surface area (Å²) in [5.41, 5.74) is 0.778. The van der Waals surface area contributed by atoms with Gasteiger partial charge in [0.1, 0.15) is 0 Å². The quantitative estimate of drug-likeness (QED) is 0.629. The molecule has 0 aliphatic heterocycles. The first-order valence-electron chi connectivity index (χ1n) is 5.43. The summed E-state index contributed by atoms with van der Waals surface area (Å²) in [6, 6.07) is 0. The van der Waals surface area contributed by atoms with E-state index in [2.05, 4.69) is 9.97 Å². The van der Waals surface area contributed by atoms with Crippen LogP contribution in [0.3, 0.4) is 0 Å². The average Bonchev–Trinajstić information content (AvgIpc) is 2.80. The van der Waals surface area contributed by atoms with Gasteiger partial charge < -0.3 is 5.11 Å². The number of aliphatic hydroxyl groups excluding tert-OH is 1. The third-order valence-electron chi connectivity index (χ3n) is 2.79. The van der Waals surface area contributed by atoms with Crippen molar-refractivity contribution in [3.05, 3.63) is 18.0 Å². The molecule has 0 bridgehead atoms. The van der Waals surface area contributed by atoms with Crippen molar-refractivity contribution in [2.75, 3.05) is 5.75 Å². The van der Waals surface area contributed by atoms with Gasteiger partial charge in [-0.3, -0.25) is 0 Å². The van der Waals surface area contributed by atoms with Crippen molar-refractivity contribution >= 4 is 11.8 Å². The number of hydrogen-bond donors (Lipinski definition) is 1. The Balaban J connectivity index is 1.82. The first kappa shape index (κ1) is 10.9. The molecule has 1 aromatic rings. The molecule has 4 heteroatoms. The monoisotopic (exact) mass is 224 g/mol. The Hall–Kier alpha value is -0.610. The van der Waals surface area contributed by atoms with E-state index in [0.29, 0.717) is 0 Å². The highest BCUT2D eigenvalue weighted by Gasteiger charge is 2.15. The highest BCUT2D eigenvalue weighted by molar-refractivity contribution is 7.99. The molecule has 0 saturated heterocycles. The predicted molar refractivity (Wildman–Crippen MR) is 60.6 cm³/mol. The lowest BCUT2D eigenvalue weighted by Gasteiger charge is -2.06. The van der Waals surface area contributed by atoms with Crippen LogP contribution in [0.4, 0.5) is 0 Å². The molecule has 0 radical (unpaired) electrons. The van der Waals surface area contributed by atoms with Crippen LogP contribution in [0.15, 0.2) is 17.6 Å². The standard InChI is InChI=1S/C11H16N2OS/c14-7-10-5-12-11(13-6-10)15-8-9-3-1-2-4-9/h5-6,9,14H,1-4,7-8H2. The highest BCUT2D eigenvalue weighted by atomic mass is 32.2. The van der Waals surface area contributed by atoms with Gasteiger partial charge in [-0.15, -0.1) is 0 Å². The van der Waals surface area contributed by atoms with Crippen molar-refractivity contribution in [2.45, 2.75) is 37.4 Å². The number of rotatable bonds is 4. The van der Waals surface area contributed by atoms with Gasteiger partial charge in [0.05, 0.1) is 6.61 Å². The summed E-state index contributed by atoms with van der Waals surface area (Å²) in [6.07, 6.45) is 8.89. The van der Waals surface area contributed by atoms with E-state index in [1.54, 1.807) is 24.2 Å². The van der Waals surface area contributed by atoms with E-state index in [0.717, 1.165) is 22.4 Å². The van der Waals surface area contributed by atoms with E-state index in [-0.39, 0.29) is 6.61 Å². The van der Waals surface area contributed by atoms with Crippen LogP contribution < -0.4 is 0 Å². The Morgan fingerprint density at radius 1 is 1.27 bits per heavy atom. The largest absolute Gasteiger partial charge is 0.392 e. The summed E-state index contributed by atoms with van der Waals surface area (Å²) < 4.78 is 0. The molecule has 0 amide bonds. The SMILES string of the molecule is OCc1cnc(SCC2CCCC2)nc1. The molecule has 1 aliphatic rings. The van der Waals surface area contributed by atoms with Crippen LogP contribution in [-0.2, 0) is 6.61 Å². The molecule has 0 unspecified atom stereocenters. The van der Waals surface area contributed by atoms with E-state index in [9.17, 15) is 0 Å².